The van der Waals surface area contributed by atoms with Crippen molar-refractivity contribution in [3.63, 3.8) is 0 Å². The van der Waals surface area contributed by atoms with Crippen molar-refractivity contribution in [3.05, 3.63) is 29.0 Å². The predicted molar refractivity (Wildman–Crippen MR) is 54.2 cm³/mol. The van der Waals surface area contributed by atoms with E-state index < -0.39 is 5.82 Å². The van der Waals surface area contributed by atoms with Crippen molar-refractivity contribution in [1.29, 1.82) is 0 Å². The van der Waals surface area contributed by atoms with Gasteiger partial charge in [0.25, 0.3) is 0 Å². The third-order valence-electron chi connectivity index (χ3n) is 1.60. The van der Waals surface area contributed by atoms with E-state index in [0.29, 0.717) is 0 Å². The fraction of sp³-hybridized carbons (Fsp3) is 0.222. The number of rotatable bonds is 2. The van der Waals surface area contributed by atoms with E-state index >= 15 is 0 Å². The summed E-state index contributed by atoms with van der Waals surface area (Å²) in [5.41, 5.74) is 0.803. The molecule has 0 unspecified atom stereocenters. The van der Waals surface area contributed by atoms with Gasteiger partial charge in [0.2, 0.25) is 0 Å². The van der Waals surface area contributed by atoms with E-state index in [2.05, 4.69) is 4.99 Å². The van der Waals surface area contributed by atoms with Gasteiger partial charge in [-0.25, -0.2) is 4.39 Å². The summed E-state index contributed by atoms with van der Waals surface area (Å²) in [4.78, 5) is 5.58. The van der Waals surface area contributed by atoms with Crippen LogP contribution < -0.4 is 4.90 Å². The van der Waals surface area contributed by atoms with Gasteiger partial charge in [-0.15, -0.1) is 0 Å². The van der Waals surface area contributed by atoms with E-state index in [1.807, 2.05) is 7.05 Å². The van der Waals surface area contributed by atoms with Crippen molar-refractivity contribution in [2.45, 2.75) is 0 Å². The van der Waals surface area contributed by atoms with Crippen LogP contribution in [0.2, 0.25) is 5.02 Å². The molecule has 0 amide bonds. The maximum atomic E-state index is 12.8. The third kappa shape index (κ3) is 2.42. The maximum Gasteiger partial charge on any atom is 0.141 e. The molecule has 0 spiro atoms. The van der Waals surface area contributed by atoms with Crippen LogP contribution in [0.15, 0.2) is 23.2 Å². The van der Waals surface area contributed by atoms with Crippen molar-refractivity contribution in [2.24, 2.45) is 4.99 Å². The highest BCUT2D eigenvalue weighted by molar-refractivity contribution is 6.31. The van der Waals surface area contributed by atoms with E-state index in [4.69, 9.17) is 11.6 Å². The van der Waals surface area contributed by atoms with Gasteiger partial charge in [0.05, 0.1) is 11.4 Å². The van der Waals surface area contributed by atoms with Crippen molar-refractivity contribution in [2.75, 3.05) is 19.0 Å². The van der Waals surface area contributed by atoms with Crippen molar-refractivity contribution < 1.29 is 4.39 Å². The van der Waals surface area contributed by atoms with Gasteiger partial charge in [0.15, 0.2) is 0 Å². The lowest BCUT2D eigenvalue weighted by atomic mass is 10.3. The Hall–Kier alpha value is -1.09. The SMILES string of the molecule is CN=CN(C)c1ccc(F)c(Cl)c1. The highest BCUT2D eigenvalue weighted by Crippen LogP contribution is 2.20. The zero-order valence-corrected chi connectivity index (χ0v) is 8.22. The van der Waals surface area contributed by atoms with Crippen LogP contribution in [0, 0.1) is 5.82 Å². The number of hydrogen-bond acceptors (Lipinski definition) is 1. The Bertz CT molecular complexity index is 325. The summed E-state index contributed by atoms with van der Waals surface area (Å²) in [6.07, 6.45) is 1.63. The molecule has 0 saturated heterocycles. The van der Waals surface area contributed by atoms with Crippen LogP contribution in [0.1, 0.15) is 0 Å². The minimum Gasteiger partial charge on any atom is -0.336 e. The fourth-order valence-corrected chi connectivity index (χ4v) is 1.12. The Balaban J connectivity index is 2.96. The van der Waals surface area contributed by atoms with Gasteiger partial charge in [-0.2, -0.15) is 0 Å². The maximum absolute atomic E-state index is 12.8. The zero-order chi connectivity index (χ0) is 9.84. The molecule has 1 aromatic carbocycles. The summed E-state index contributed by atoms with van der Waals surface area (Å²) >= 11 is 5.61. The first-order valence-electron chi connectivity index (χ1n) is 3.75. The Kier molecular flexibility index (Phi) is 3.25. The van der Waals surface area contributed by atoms with Crippen molar-refractivity contribution in [1.82, 2.24) is 0 Å². The van der Waals surface area contributed by atoms with Crippen LogP contribution in [-0.4, -0.2) is 20.4 Å². The quantitative estimate of drug-likeness (QED) is 0.529. The smallest absolute Gasteiger partial charge is 0.141 e. The molecule has 0 atom stereocenters. The normalized spacial score (nSPS) is 10.8. The number of nitrogens with zero attached hydrogens (tertiary/aromatic N) is 2. The molecule has 2 nitrogen and oxygen atoms in total. The largest absolute Gasteiger partial charge is 0.336 e. The number of benzene rings is 1. The van der Waals surface area contributed by atoms with Crippen LogP contribution >= 0.6 is 11.6 Å². The first kappa shape index (κ1) is 9.99. The lowest BCUT2D eigenvalue weighted by Gasteiger charge is -2.12. The van der Waals surface area contributed by atoms with Gasteiger partial charge in [-0.05, 0) is 18.2 Å². The van der Waals surface area contributed by atoms with E-state index in [-0.39, 0.29) is 5.02 Å². The van der Waals surface area contributed by atoms with Gasteiger partial charge in [-0.3, -0.25) is 4.99 Å². The van der Waals surface area contributed by atoms with Gasteiger partial charge >= 0.3 is 0 Å². The second kappa shape index (κ2) is 4.23. The molecule has 0 aliphatic carbocycles. The Morgan fingerprint density at radius 3 is 2.77 bits per heavy atom. The molecular formula is C9H10ClFN2. The third-order valence-corrected chi connectivity index (χ3v) is 1.89. The molecule has 70 valence electrons. The summed E-state index contributed by atoms with van der Waals surface area (Å²) in [6, 6.07) is 4.53. The number of halogens is 2. The van der Waals surface area contributed by atoms with Crippen LogP contribution in [0.25, 0.3) is 0 Å². The predicted octanol–water partition coefficient (Wildman–Crippen LogP) is 2.57. The molecule has 0 saturated carbocycles. The molecule has 1 rings (SSSR count). The Labute approximate surface area is 81.7 Å². The average molecular weight is 201 g/mol. The van der Waals surface area contributed by atoms with Gasteiger partial charge in [-0.1, -0.05) is 11.6 Å². The number of anilines is 1. The second-order valence-corrected chi connectivity index (χ2v) is 2.99. The van der Waals surface area contributed by atoms with E-state index in [9.17, 15) is 4.39 Å². The van der Waals surface area contributed by atoms with E-state index in [1.165, 1.54) is 6.07 Å². The highest BCUT2D eigenvalue weighted by Gasteiger charge is 2.02. The van der Waals surface area contributed by atoms with Gasteiger partial charge in [0.1, 0.15) is 5.82 Å². The summed E-state index contributed by atoms with van der Waals surface area (Å²) in [6.45, 7) is 0. The van der Waals surface area contributed by atoms with Crippen LogP contribution in [0.3, 0.4) is 0 Å². The standard InChI is InChI=1S/C9H10ClFN2/c1-12-6-13(2)7-3-4-9(11)8(10)5-7/h3-6H,1-2H3. The number of hydrogen-bond donors (Lipinski definition) is 0. The summed E-state index contributed by atoms with van der Waals surface area (Å²) in [5.74, 6) is -0.410. The topological polar surface area (TPSA) is 15.6 Å². The fourth-order valence-electron chi connectivity index (χ4n) is 0.944. The molecule has 0 bridgehead atoms. The van der Waals surface area contributed by atoms with Crippen LogP contribution in [-0.2, 0) is 0 Å². The lowest BCUT2D eigenvalue weighted by Crippen LogP contribution is -2.13. The van der Waals surface area contributed by atoms with E-state index in [0.717, 1.165) is 5.69 Å². The number of aliphatic imine (C=N–C) groups is 1. The van der Waals surface area contributed by atoms with Gasteiger partial charge in [0, 0.05) is 19.8 Å². The first-order chi connectivity index (χ1) is 6.15. The summed E-state index contributed by atoms with van der Waals surface area (Å²) in [7, 11) is 3.48. The van der Waals surface area contributed by atoms with Crippen molar-refractivity contribution >= 4 is 23.6 Å². The molecule has 0 aromatic heterocycles. The minimum absolute atomic E-state index is 0.119. The zero-order valence-electron chi connectivity index (χ0n) is 7.46. The molecule has 0 aliphatic heterocycles. The molecule has 4 heteroatoms. The lowest BCUT2D eigenvalue weighted by molar-refractivity contribution is 0.628. The molecule has 0 radical (unpaired) electrons. The molecule has 0 N–H and O–H groups in total. The minimum atomic E-state index is -0.410. The summed E-state index contributed by atoms with van der Waals surface area (Å²) in [5, 5.41) is 0.119. The molecule has 13 heavy (non-hydrogen) atoms. The Morgan fingerprint density at radius 2 is 2.23 bits per heavy atom. The highest BCUT2D eigenvalue weighted by atomic mass is 35.5. The molecule has 0 heterocycles. The summed E-state index contributed by atoms with van der Waals surface area (Å²) < 4.78 is 12.8. The van der Waals surface area contributed by atoms with Crippen LogP contribution in [0.4, 0.5) is 10.1 Å². The molecule has 0 aliphatic rings. The van der Waals surface area contributed by atoms with Crippen LogP contribution in [0.5, 0.6) is 0 Å². The van der Waals surface area contributed by atoms with Crippen molar-refractivity contribution in [3.8, 4) is 0 Å². The second-order valence-electron chi connectivity index (χ2n) is 2.58. The monoisotopic (exact) mass is 200 g/mol. The Morgan fingerprint density at radius 1 is 1.54 bits per heavy atom. The van der Waals surface area contributed by atoms with E-state index in [1.54, 1.807) is 30.4 Å². The first-order valence-corrected chi connectivity index (χ1v) is 4.13. The average Bonchev–Trinajstić information content (AvgIpc) is 2.10. The molecular weight excluding hydrogens is 191 g/mol. The molecule has 0 fully saturated rings. The van der Waals surface area contributed by atoms with Gasteiger partial charge < -0.3 is 4.90 Å². The molecule has 1 aromatic rings.